The SMILES string of the molecule is Nc1ncc(-c2cccc(Cl)c2O)s1. The summed E-state index contributed by atoms with van der Waals surface area (Å²) in [6.45, 7) is 0. The number of nitrogens with zero attached hydrogens (tertiary/aromatic N) is 1. The molecular weight excluding hydrogens is 220 g/mol. The van der Waals surface area contributed by atoms with Crippen molar-refractivity contribution in [3.63, 3.8) is 0 Å². The third-order valence-corrected chi connectivity index (χ3v) is 2.94. The van der Waals surface area contributed by atoms with Crippen LogP contribution in [0.5, 0.6) is 5.75 Å². The number of aromatic nitrogens is 1. The number of phenolic OH excluding ortho intramolecular Hbond substituents is 1. The summed E-state index contributed by atoms with van der Waals surface area (Å²) in [5.74, 6) is 0.0674. The molecule has 1 aromatic heterocycles. The van der Waals surface area contributed by atoms with Gasteiger partial charge in [0.1, 0.15) is 5.75 Å². The molecule has 0 aliphatic heterocycles. The van der Waals surface area contributed by atoms with Gasteiger partial charge in [0.25, 0.3) is 0 Å². The molecule has 1 aromatic carbocycles. The van der Waals surface area contributed by atoms with Gasteiger partial charge in [-0.1, -0.05) is 29.0 Å². The first-order chi connectivity index (χ1) is 6.68. The Hall–Kier alpha value is -1.26. The second-order valence-electron chi connectivity index (χ2n) is 2.70. The van der Waals surface area contributed by atoms with Crippen LogP contribution >= 0.6 is 22.9 Å². The van der Waals surface area contributed by atoms with Gasteiger partial charge in [-0.05, 0) is 12.1 Å². The van der Waals surface area contributed by atoms with Crippen LogP contribution in [-0.4, -0.2) is 10.1 Å². The number of thiazole rings is 1. The molecule has 0 amide bonds. The van der Waals surface area contributed by atoms with Gasteiger partial charge in [0, 0.05) is 11.8 Å². The molecule has 0 atom stereocenters. The first-order valence-electron chi connectivity index (χ1n) is 3.87. The third kappa shape index (κ3) is 1.54. The topological polar surface area (TPSA) is 59.1 Å². The molecule has 0 bridgehead atoms. The van der Waals surface area contributed by atoms with Gasteiger partial charge in [0.05, 0.1) is 9.90 Å². The molecule has 2 aromatic rings. The van der Waals surface area contributed by atoms with Crippen molar-refractivity contribution in [2.45, 2.75) is 0 Å². The quantitative estimate of drug-likeness (QED) is 0.786. The average Bonchev–Trinajstić information content (AvgIpc) is 2.57. The summed E-state index contributed by atoms with van der Waals surface area (Å²) in [5, 5.41) is 10.5. The van der Waals surface area contributed by atoms with Gasteiger partial charge in [0.15, 0.2) is 5.13 Å². The minimum Gasteiger partial charge on any atom is -0.506 e. The van der Waals surface area contributed by atoms with E-state index in [0.29, 0.717) is 15.7 Å². The minimum absolute atomic E-state index is 0.0674. The summed E-state index contributed by atoms with van der Waals surface area (Å²) < 4.78 is 0. The molecular formula is C9H7ClN2OS. The van der Waals surface area contributed by atoms with E-state index in [0.717, 1.165) is 4.88 Å². The zero-order valence-corrected chi connectivity index (χ0v) is 8.64. The monoisotopic (exact) mass is 226 g/mol. The molecule has 72 valence electrons. The van der Waals surface area contributed by atoms with Gasteiger partial charge in [-0.25, -0.2) is 4.98 Å². The second kappa shape index (κ2) is 3.48. The number of aromatic hydroxyl groups is 1. The molecule has 0 spiro atoms. The Morgan fingerprint density at radius 1 is 1.43 bits per heavy atom. The fourth-order valence-electron chi connectivity index (χ4n) is 1.13. The van der Waals surface area contributed by atoms with E-state index in [-0.39, 0.29) is 5.75 Å². The van der Waals surface area contributed by atoms with E-state index in [1.807, 2.05) is 0 Å². The molecule has 0 aliphatic carbocycles. The Morgan fingerprint density at radius 3 is 2.86 bits per heavy atom. The van der Waals surface area contributed by atoms with E-state index >= 15 is 0 Å². The molecule has 3 nitrogen and oxygen atoms in total. The second-order valence-corrected chi connectivity index (χ2v) is 4.17. The molecule has 2 rings (SSSR count). The lowest BCUT2D eigenvalue weighted by Crippen LogP contribution is -1.77. The zero-order valence-electron chi connectivity index (χ0n) is 7.07. The fourth-order valence-corrected chi connectivity index (χ4v) is 2.01. The molecule has 0 saturated carbocycles. The molecule has 0 aliphatic rings. The number of anilines is 1. The summed E-state index contributed by atoms with van der Waals surface area (Å²) >= 11 is 7.09. The maximum atomic E-state index is 9.67. The number of hydrogen-bond donors (Lipinski definition) is 2. The number of rotatable bonds is 1. The van der Waals surface area contributed by atoms with Crippen molar-refractivity contribution >= 4 is 28.1 Å². The number of halogens is 1. The highest BCUT2D eigenvalue weighted by Gasteiger charge is 2.09. The van der Waals surface area contributed by atoms with Crippen molar-refractivity contribution in [1.82, 2.24) is 4.98 Å². The predicted molar refractivity (Wildman–Crippen MR) is 58.6 cm³/mol. The van der Waals surface area contributed by atoms with Crippen LogP contribution in [0.25, 0.3) is 10.4 Å². The van der Waals surface area contributed by atoms with Crippen molar-refractivity contribution in [1.29, 1.82) is 0 Å². The molecule has 0 fully saturated rings. The van der Waals surface area contributed by atoms with Crippen LogP contribution in [0.2, 0.25) is 5.02 Å². The lowest BCUT2D eigenvalue weighted by molar-refractivity contribution is 0.478. The number of para-hydroxylation sites is 1. The van der Waals surface area contributed by atoms with E-state index in [1.54, 1.807) is 24.4 Å². The maximum absolute atomic E-state index is 9.67. The van der Waals surface area contributed by atoms with Crippen LogP contribution in [0.4, 0.5) is 5.13 Å². The summed E-state index contributed by atoms with van der Waals surface area (Å²) in [4.78, 5) is 4.71. The van der Waals surface area contributed by atoms with Gasteiger partial charge >= 0.3 is 0 Å². The van der Waals surface area contributed by atoms with Crippen LogP contribution in [-0.2, 0) is 0 Å². The minimum atomic E-state index is 0.0674. The number of phenols is 1. The van der Waals surface area contributed by atoms with Crippen LogP contribution < -0.4 is 5.73 Å². The Labute approximate surface area is 89.8 Å². The standard InChI is InChI=1S/C9H7ClN2OS/c10-6-3-1-2-5(8(6)13)7-4-12-9(11)14-7/h1-4,13H,(H2,11,12). The lowest BCUT2D eigenvalue weighted by atomic mass is 10.2. The van der Waals surface area contributed by atoms with Crippen molar-refractivity contribution in [3.05, 3.63) is 29.4 Å². The molecule has 0 radical (unpaired) electrons. The first-order valence-corrected chi connectivity index (χ1v) is 5.07. The van der Waals surface area contributed by atoms with E-state index in [1.165, 1.54) is 11.3 Å². The normalized spacial score (nSPS) is 10.4. The summed E-state index contributed by atoms with van der Waals surface area (Å²) in [5.41, 5.74) is 6.16. The van der Waals surface area contributed by atoms with Crippen LogP contribution in [0.15, 0.2) is 24.4 Å². The zero-order chi connectivity index (χ0) is 10.1. The average molecular weight is 227 g/mol. The third-order valence-electron chi connectivity index (χ3n) is 1.78. The largest absolute Gasteiger partial charge is 0.506 e. The summed E-state index contributed by atoms with van der Waals surface area (Å²) in [6, 6.07) is 5.17. The van der Waals surface area contributed by atoms with E-state index in [2.05, 4.69) is 4.98 Å². The Balaban J connectivity index is 2.57. The van der Waals surface area contributed by atoms with E-state index in [9.17, 15) is 5.11 Å². The Kier molecular flexibility index (Phi) is 2.31. The molecule has 0 saturated heterocycles. The number of nitrogens with two attached hydrogens (primary N) is 1. The van der Waals surface area contributed by atoms with Crippen molar-refractivity contribution in [2.24, 2.45) is 0 Å². The molecule has 3 N–H and O–H groups in total. The summed E-state index contributed by atoms with van der Waals surface area (Å²) in [7, 11) is 0. The van der Waals surface area contributed by atoms with Crippen LogP contribution in [0.3, 0.4) is 0 Å². The van der Waals surface area contributed by atoms with Crippen molar-refractivity contribution in [3.8, 4) is 16.2 Å². The predicted octanol–water partition coefficient (Wildman–Crippen LogP) is 2.75. The molecule has 0 unspecified atom stereocenters. The fraction of sp³-hybridized carbons (Fsp3) is 0. The first kappa shape index (κ1) is 9.30. The Morgan fingerprint density at radius 2 is 2.21 bits per heavy atom. The van der Waals surface area contributed by atoms with Crippen molar-refractivity contribution < 1.29 is 5.11 Å². The van der Waals surface area contributed by atoms with Crippen LogP contribution in [0, 0.1) is 0 Å². The molecule has 14 heavy (non-hydrogen) atoms. The highest BCUT2D eigenvalue weighted by atomic mass is 35.5. The molecule has 1 heterocycles. The molecule has 5 heteroatoms. The number of benzene rings is 1. The van der Waals surface area contributed by atoms with Crippen LogP contribution in [0.1, 0.15) is 0 Å². The Bertz CT molecular complexity index is 470. The maximum Gasteiger partial charge on any atom is 0.180 e. The van der Waals surface area contributed by atoms with Gasteiger partial charge < -0.3 is 10.8 Å². The van der Waals surface area contributed by atoms with Gasteiger partial charge in [-0.2, -0.15) is 0 Å². The van der Waals surface area contributed by atoms with Gasteiger partial charge in [0.2, 0.25) is 0 Å². The highest BCUT2D eigenvalue weighted by molar-refractivity contribution is 7.18. The number of hydrogen-bond acceptors (Lipinski definition) is 4. The lowest BCUT2D eigenvalue weighted by Gasteiger charge is -2.01. The van der Waals surface area contributed by atoms with E-state index < -0.39 is 0 Å². The van der Waals surface area contributed by atoms with Crippen molar-refractivity contribution in [2.75, 3.05) is 5.73 Å². The van der Waals surface area contributed by atoms with Gasteiger partial charge in [-0.15, -0.1) is 0 Å². The van der Waals surface area contributed by atoms with Gasteiger partial charge in [-0.3, -0.25) is 0 Å². The number of nitrogen functional groups attached to an aromatic ring is 1. The van der Waals surface area contributed by atoms with E-state index in [4.69, 9.17) is 17.3 Å². The smallest absolute Gasteiger partial charge is 0.180 e. The highest BCUT2D eigenvalue weighted by Crippen LogP contribution is 2.37. The summed E-state index contributed by atoms with van der Waals surface area (Å²) in [6.07, 6.45) is 1.62.